The molecule has 3 N–H and O–H groups in total. The predicted molar refractivity (Wildman–Crippen MR) is 75.1 cm³/mol. The second kappa shape index (κ2) is 7.24. The third-order valence-electron chi connectivity index (χ3n) is 3.76. The topological polar surface area (TPSA) is 55.1 Å². The van der Waals surface area contributed by atoms with Gasteiger partial charge in [-0.05, 0) is 19.3 Å². The molecule has 3 nitrogen and oxygen atoms in total. The van der Waals surface area contributed by atoms with E-state index in [0.29, 0.717) is 19.3 Å². The van der Waals surface area contributed by atoms with Gasteiger partial charge in [0.25, 0.3) is 0 Å². The van der Waals surface area contributed by atoms with Crippen molar-refractivity contribution in [2.24, 2.45) is 17.6 Å². The molecule has 0 heterocycles. The van der Waals surface area contributed by atoms with Crippen molar-refractivity contribution in [1.82, 2.24) is 5.32 Å². The molecule has 7 heteroatoms. The summed E-state index contributed by atoms with van der Waals surface area (Å²) in [6.07, 6.45) is -1.58. The molecule has 1 amide bonds. The first-order valence-electron chi connectivity index (χ1n) is 6.93. The Morgan fingerprint density at radius 2 is 2.00 bits per heavy atom. The molecular weight excluding hydrogens is 289 g/mol. The van der Waals surface area contributed by atoms with Crippen molar-refractivity contribution in [3.05, 3.63) is 0 Å². The van der Waals surface area contributed by atoms with Gasteiger partial charge in [-0.3, -0.25) is 4.79 Å². The van der Waals surface area contributed by atoms with Crippen molar-refractivity contribution < 1.29 is 18.0 Å². The second-order valence-corrected chi connectivity index (χ2v) is 5.76. The molecule has 0 spiro atoms. The summed E-state index contributed by atoms with van der Waals surface area (Å²) in [6.45, 7) is 1.90. The third kappa shape index (κ3) is 4.61. The summed E-state index contributed by atoms with van der Waals surface area (Å²) in [7, 11) is 0. The highest BCUT2D eigenvalue weighted by molar-refractivity contribution is 7.80. The molecule has 20 heavy (non-hydrogen) atoms. The van der Waals surface area contributed by atoms with Crippen LogP contribution in [0, 0.1) is 11.8 Å². The van der Waals surface area contributed by atoms with Crippen molar-refractivity contribution in [2.45, 2.75) is 57.7 Å². The first-order chi connectivity index (χ1) is 9.27. The highest BCUT2D eigenvalue weighted by atomic mass is 32.1. The molecule has 3 unspecified atom stereocenters. The van der Waals surface area contributed by atoms with Crippen molar-refractivity contribution in [3.8, 4) is 0 Å². The summed E-state index contributed by atoms with van der Waals surface area (Å²) >= 11 is 4.85. The lowest BCUT2D eigenvalue weighted by Gasteiger charge is -2.33. The maximum atomic E-state index is 13.0. The van der Waals surface area contributed by atoms with Gasteiger partial charge in [0, 0.05) is 5.92 Å². The molecule has 0 aliphatic heterocycles. The van der Waals surface area contributed by atoms with E-state index in [1.165, 1.54) is 0 Å². The molecule has 1 aliphatic rings. The van der Waals surface area contributed by atoms with Crippen LogP contribution in [0.15, 0.2) is 0 Å². The first kappa shape index (κ1) is 17.2. The van der Waals surface area contributed by atoms with Crippen LogP contribution >= 0.6 is 12.2 Å². The number of thiocarbonyl (C=S) groups is 1. The minimum atomic E-state index is -4.33. The summed E-state index contributed by atoms with van der Waals surface area (Å²) in [5.74, 6) is -3.14. The van der Waals surface area contributed by atoms with E-state index < -0.39 is 30.0 Å². The van der Waals surface area contributed by atoms with Crippen LogP contribution in [0.4, 0.5) is 13.2 Å². The van der Waals surface area contributed by atoms with Crippen LogP contribution < -0.4 is 11.1 Å². The number of alkyl halides is 3. The summed E-state index contributed by atoms with van der Waals surface area (Å²) in [4.78, 5) is 12.2. The van der Waals surface area contributed by atoms with E-state index >= 15 is 0 Å². The minimum Gasteiger partial charge on any atom is -0.392 e. The molecule has 1 saturated carbocycles. The van der Waals surface area contributed by atoms with Crippen LogP contribution in [-0.4, -0.2) is 23.1 Å². The van der Waals surface area contributed by atoms with E-state index in [1.807, 2.05) is 6.92 Å². The number of halogens is 3. The predicted octanol–water partition coefficient (Wildman–Crippen LogP) is 2.93. The number of amides is 1. The highest BCUT2D eigenvalue weighted by Crippen LogP contribution is 2.41. The van der Waals surface area contributed by atoms with E-state index in [9.17, 15) is 18.0 Å². The van der Waals surface area contributed by atoms with Gasteiger partial charge in [-0.25, -0.2) is 0 Å². The fourth-order valence-corrected chi connectivity index (χ4v) is 2.87. The first-order valence-corrected chi connectivity index (χ1v) is 7.34. The Morgan fingerprint density at radius 3 is 2.50 bits per heavy atom. The molecule has 116 valence electrons. The van der Waals surface area contributed by atoms with Crippen LogP contribution in [-0.2, 0) is 4.79 Å². The fraction of sp³-hybridized carbons (Fsp3) is 0.846. The number of hydrogen-bond acceptors (Lipinski definition) is 2. The van der Waals surface area contributed by atoms with E-state index in [1.54, 1.807) is 0 Å². The zero-order valence-electron chi connectivity index (χ0n) is 11.5. The van der Waals surface area contributed by atoms with Crippen LogP contribution in [0.1, 0.15) is 45.4 Å². The lowest BCUT2D eigenvalue weighted by atomic mass is 9.78. The number of carbonyl (C=O) groups excluding carboxylic acids is 1. The fourth-order valence-electron chi connectivity index (χ4n) is 2.69. The molecule has 1 aliphatic carbocycles. The van der Waals surface area contributed by atoms with Crippen LogP contribution in [0.2, 0.25) is 0 Å². The Balaban J connectivity index is 2.74. The zero-order valence-corrected chi connectivity index (χ0v) is 12.3. The molecular formula is C13H21F3N2OS. The van der Waals surface area contributed by atoms with Gasteiger partial charge >= 0.3 is 6.18 Å². The Morgan fingerprint density at radius 1 is 1.40 bits per heavy atom. The van der Waals surface area contributed by atoms with E-state index in [4.69, 9.17) is 18.0 Å². The number of hydrogen-bond donors (Lipinski definition) is 2. The van der Waals surface area contributed by atoms with Crippen molar-refractivity contribution in [2.75, 3.05) is 0 Å². The Kier molecular flexibility index (Phi) is 6.23. The number of carbonyl (C=O) groups is 1. The largest absolute Gasteiger partial charge is 0.392 e. The maximum absolute atomic E-state index is 13.0. The average molecular weight is 310 g/mol. The molecule has 3 atom stereocenters. The molecule has 0 aromatic carbocycles. The van der Waals surface area contributed by atoms with Crippen LogP contribution in [0.3, 0.4) is 0 Å². The molecule has 0 bridgehead atoms. The highest BCUT2D eigenvalue weighted by Gasteiger charge is 2.48. The molecule has 0 aromatic heterocycles. The Hall–Kier alpha value is -0.850. The molecule has 0 saturated heterocycles. The van der Waals surface area contributed by atoms with Gasteiger partial charge in [-0.1, -0.05) is 38.4 Å². The van der Waals surface area contributed by atoms with E-state index in [-0.39, 0.29) is 17.8 Å². The Labute approximate surface area is 122 Å². The van der Waals surface area contributed by atoms with Crippen molar-refractivity contribution in [1.29, 1.82) is 0 Å². The zero-order chi connectivity index (χ0) is 15.3. The van der Waals surface area contributed by atoms with Crippen LogP contribution in [0.25, 0.3) is 0 Å². The normalized spacial score (nSPS) is 25.0. The molecule has 1 fully saturated rings. The maximum Gasteiger partial charge on any atom is 0.392 e. The monoisotopic (exact) mass is 310 g/mol. The van der Waals surface area contributed by atoms with Crippen LogP contribution in [0.5, 0.6) is 0 Å². The molecule has 0 radical (unpaired) electrons. The molecule has 0 aromatic rings. The summed E-state index contributed by atoms with van der Waals surface area (Å²) in [6, 6.07) is -0.515. The van der Waals surface area contributed by atoms with Gasteiger partial charge in [0.05, 0.1) is 16.9 Å². The number of nitrogens with two attached hydrogens (primary N) is 1. The second-order valence-electron chi connectivity index (χ2n) is 5.29. The standard InChI is InChI=1S/C13H21F3N2OS/c1-2-5-10(11(17)20)18-12(19)8-6-3-4-7-9(8)13(14,15)16/h8-10H,2-7H2,1H3,(H2,17,20)(H,18,19). The summed E-state index contributed by atoms with van der Waals surface area (Å²) in [5.41, 5.74) is 5.52. The van der Waals surface area contributed by atoms with Gasteiger partial charge in [0.15, 0.2) is 0 Å². The van der Waals surface area contributed by atoms with Gasteiger partial charge in [0.2, 0.25) is 5.91 Å². The van der Waals surface area contributed by atoms with Gasteiger partial charge in [-0.2, -0.15) is 13.2 Å². The Bertz CT molecular complexity index is 360. The van der Waals surface area contributed by atoms with Gasteiger partial charge in [-0.15, -0.1) is 0 Å². The lowest BCUT2D eigenvalue weighted by Crippen LogP contribution is -2.49. The van der Waals surface area contributed by atoms with Crippen molar-refractivity contribution in [3.63, 3.8) is 0 Å². The molecule has 1 rings (SSSR count). The lowest BCUT2D eigenvalue weighted by molar-refractivity contribution is -0.198. The summed E-state index contributed by atoms with van der Waals surface area (Å²) < 4.78 is 38.9. The summed E-state index contributed by atoms with van der Waals surface area (Å²) in [5, 5.41) is 2.58. The average Bonchev–Trinajstić information content (AvgIpc) is 2.37. The number of nitrogens with one attached hydrogen (secondary N) is 1. The quantitative estimate of drug-likeness (QED) is 0.768. The SMILES string of the molecule is CCCC(NC(=O)C1CCCCC1C(F)(F)F)C(N)=S. The van der Waals surface area contributed by atoms with Gasteiger partial charge in [0.1, 0.15) is 0 Å². The van der Waals surface area contributed by atoms with E-state index in [0.717, 1.165) is 6.42 Å². The third-order valence-corrected chi connectivity index (χ3v) is 4.04. The number of rotatable bonds is 5. The van der Waals surface area contributed by atoms with Crippen molar-refractivity contribution >= 4 is 23.1 Å². The van der Waals surface area contributed by atoms with Gasteiger partial charge < -0.3 is 11.1 Å². The minimum absolute atomic E-state index is 0.0209. The van der Waals surface area contributed by atoms with E-state index in [2.05, 4.69) is 5.32 Å². The smallest absolute Gasteiger partial charge is 0.392 e.